The first-order chi connectivity index (χ1) is 9.43. The van der Waals surface area contributed by atoms with Gasteiger partial charge in [-0.3, -0.25) is 9.36 Å². The van der Waals surface area contributed by atoms with Crippen LogP contribution in [0.4, 0.5) is 10.2 Å². The van der Waals surface area contributed by atoms with Gasteiger partial charge in [-0.25, -0.2) is 9.18 Å². The largest absolute Gasteiger partial charge is 0.394 e. The van der Waals surface area contributed by atoms with Crippen LogP contribution in [0.15, 0.2) is 17.1 Å². The number of anilines is 1. The van der Waals surface area contributed by atoms with Crippen LogP contribution in [0.5, 0.6) is 0 Å². The summed E-state index contributed by atoms with van der Waals surface area (Å²) >= 11 is 0. The van der Waals surface area contributed by atoms with E-state index >= 15 is 0 Å². The van der Waals surface area contributed by atoms with Gasteiger partial charge in [0.2, 0.25) is 5.91 Å². The quantitative estimate of drug-likeness (QED) is 0.643. The van der Waals surface area contributed by atoms with Crippen molar-refractivity contribution < 1.29 is 24.1 Å². The monoisotopic (exact) mass is 287 g/mol. The van der Waals surface area contributed by atoms with Crippen molar-refractivity contribution in [2.75, 3.05) is 11.9 Å². The van der Waals surface area contributed by atoms with E-state index in [4.69, 9.17) is 9.84 Å². The number of carbonyl (C=O) groups excluding carboxylic acids is 1. The van der Waals surface area contributed by atoms with E-state index in [0.29, 0.717) is 0 Å². The predicted molar refractivity (Wildman–Crippen MR) is 64.7 cm³/mol. The van der Waals surface area contributed by atoms with E-state index < -0.39 is 42.8 Å². The van der Waals surface area contributed by atoms with Gasteiger partial charge in [-0.05, 0) is 6.07 Å². The van der Waals surface area contributed by atoms with E-state index in [-0.39, 0.29) is 5.82 Å². The third-order valence-corrected chi connectivity index (χ3v) is 2.88. The van der Waals surface area contributed by atoms with Crippen molar-refractivity contribution in [3.63, 3.8) is 0 Å². The topological polar surface area (TPSA) is 114 Å². The lowest BCUT2D eigenvalue weighted by molar-refractivity contribution is -0.114. The second-order valence-corrected chi connectivity index (χ2v) is 4.37. The molecule has 8 nitrogen and oxygen atoms in total. The van der Waals surface area contributed by atoms with Gasteiger partial charge in [0.25, 0.3) is 0 Å². The van der Waals surface area contributed by atoms with Crippen LogP contribution in [0.1, 0.15) is 13.2 Å². The van der Waals surface area contributed by atoms with Crippen LogP contribution >= 0.6 is 0 Å². The number of aromatic nitrogens is 2. The molecule has 1 saturated heterocycles. The number of carbonyl (C=O) groups is 1. The van der Waals surface area contributed by atoms with Crippen LogP contribution in [0.3, 0.4) is 0 Å². The summed E-state index contributed by atoms with van der Waals surface area (Å²) in [5, 5.41) is 20.7. The number of alkyl halides is 1. The van der Waals surface area contributed by atoms with Gasteiger partial charge in [-0.2, -0.15) is 4.98 Å². The Kier molecular flexibility index (Phi) is 4.12. The molecule has 1 aromatic rings. The number of hydrogen-bond donors (Lipinski definition) is 3. The van der Waals surface area contributed by atoms with Crippen molar-refractivity contribution in [2.45, 2.75) is 31.5 Å². The smallest absolute Gasteiger partial charge is 0.351 e. The Hall–Kier alpha value is -1.84. The molecule has 1 amide bonds. The summed E-state index contributed by atoms with van der Waals surface area (Å²) < 4.78 is 19.8. The fraction of sp³-hybridized carbons (Fsp3) is 0.545. The standard InChI is InChI=1S/C11H14FN3O5/c1-5(17)13-7-2-3-15(11(19)14-7)10-8(12)9(18)6(4-16)20-10/h2-3,6,8-10,16,18H,4H2,1H3,(H,13,14,17,19)/t6-,8?,9?,10-/m1/s1. The second-order valence-electron chi connectivity index (χ2n) is 4.37. The molecule has 0 radical (unpaired) electrons. The van der Waals surface area contributed by atoms with Crippen molar-refractivity contribution in [1.82, 2.24) is 9.55 Å². The van der Waals surface area contributed by atoms with Gasteiger partial charge in [-0.15, -0.1) is 0 Å². The Labute approximate surface area is 112 Å². The number of aliphatic hydroxyl groups is 2. The molecule has 1 aliphatic heterocycles. The molecule has 3 N–H and O–H groups in total. The minimum absolute atomic E-state index is 0.0337. The third kappa shape index (κ3) is 2.69. The molecule has 2 unspecified atom stereocenters. The summed E-state index contributed by atoms with van der Waals surface area (Å²) in [7, 11) is 0. The maximum absolute atomic E-state index is 13.9. The van der Waals surface area contributed by atoms with Crippen molar-refractivity contribution in [3.05, 3.63) is 22.7 Å². The SMILES string of the molecule is CC(=O)Nc1ccn([C@@H]2O[C@H](CO)C(O)C2F)c(=O)n1. The van der Waals surface area contributed by atoms with Gasteiger partial charge in [0, 0.05) is 13.1 Å². The summed E-state index contributed by atoms with van der Waals surface area (Å²) in [5.74, 6) is -0.364. The summed E-state index contributed by atoms with van der Waals surface area (Å²) in [5.41, 5.74) is -0.838. The Morgan fingerprint density at radius 1 is 1.65 bits per heavy atom. The number of ether oxygens (including phenoxy) is 1. The van der Waals surface area contributed by atoms with Gasteiger partial charge in [-0.1, -0.05) is 0 Å². The summed E-state index contributed by atoms with van der Waals surface area (Å²) in [6.45, 7) is 0.692. The molecule has 4 atom stereocenters. The summed E-state index contributed by atoms with van der Waals surface area (Å²) in [6.07, 6.45) is -4.65. The van der Waals surface area contributed by atoms with Crippen LogP contribution in [-0.4, -0.2) is 50.7 Å². The maximum atomic E-state index is 13.9. The average molecular weight is 287 g/mol. The highest BCUT2D eigenvalue weighted by Crippen LogP contribution is 2.30. The highest BCUT2D eigenvalue weighted by molar-refractivity contribution is 5.87. The van der Waals surface area contributed by atoms with Crippen LogP contribution in [-0.2, 0) is 9.53 Å². The molecule has 110 valence electrons. The molecule has 0 saturated carbocycles. The Morgan fingerprint density at radius 3 is 2.85 bits per heavy atom. The molecular weight excluding hydrogens is 273 g/mol. The minimum atomic E-state index is -1.86. The number of halogens is 1. The number of hydrogen-bond acceptors (Lipinski definition) is 6. The zero-order valence-corrected chi connectivity index (χ0v) is 10.6. The van der Waals surface area contributed by atoms with Crippen molar-refractivity contribution in [2.24, 2.45) is 0 Å². The third-order valence-electron chi connectivity index (χ3n) is 2.88. The van der Waals surface area contributed by atoms with Crippen LogP contribution < -0.4 is 11.0 Å². The molecule has 1 fully saturated rings. The maximum Gasteiger partial charge on any atom is 0.351 e. The molecular formula is C11H14FN3O5. The van der Waals surface area contributed by atoms with Gasteiger partial charge in [0.1, 0.15) is 18.0 Å². The van der Waals surface area contributed by atoms with Gasteiger partial charge >= 0.3 is 5.69 Å². The fourth-order valence-electron chi connectivity index (χ4n) is 1.93. The van der Waals surface area contributed by atoms with Crippen LogP contribution in [0.25, 0.3) is 0 Å². The first kappa shape index (κ1) is 14.6. The average Bonchev–Trinajstić information content (AvgIpc) is 2.66. The molecule has 9 heteroatoms. The second kappa shape index (κ2) is 5.65. The molecule has 0 bridgehead atoms. The van der Waals surface area contributed by atoms with E-state index in [9.17, 15) is 19.1 Å². The van der Waals surface area contributed by atoms with Crippen molar-refractivity contribution in [3.8, 4) is 0 Å². The molecule has 1 aliphatic rings. The van der Waals surface area contributed by atoms with E-state index in [1.54, 1.807) is 0 Å². The first-order valence-corrected chi connectivity index (χ1v) is 5.89. The highest BCUT2D eigenvalue weighted by Gasteiger charge is 2.45. The van der Waals surface area contributed by atoms with Crippen molar-refractivity contribution in [1.29, 1.82) is 0 Å². The van der Waals surface area contributed by atoms with Gasteiger partial charge in [0.15, 0.2) is 12.4 Å². The van der Waals surface area contributed by atoms with Crippen molar-refractivity contribution >= 4 is 11.7 Å². The van der Waals surface area contributed by atoms with E-state index in [0.717, 1.165) is 4.57 Å². The highest BCUT2D eigenvalue weighted by atomic mass is 19.1. The molecule has 0 aromatic carbocycles. The van der Waals surface area contributed by atoms with Gasteiger partial charge < -0.3 is 20.3 Å². The Morgan fingerprint density at radius 2 is 2.35 bits per heavy atom. The van der Waals surface area contributed by atoms with Crippen LogP contribution in [0, 0.1) is 0 Å². The zero-order valence-electron chi connectivity index (χ0n) is 10.6. The predicted octanol–water partition coefficient (Wildman–Crippen LogP) is -1.21. The normalized spacial score (nSPS) is 29.4. The molecule has 0 aliphatic carbocycles. The number of amides is 1. The fourth-order valence-corrected chi connectivity index (χ4v) is 1.93. The van der Waals surface area contributed by atoms with E-state index in [1.807, 2.05) is 0 Å². The lowest BCUT2D eigenvalue weighted by Crippen LogP contribution is -2.33. The number of nitrogens with one attached hydrogen (secondary N) is 1. The Balaban J connectivity index is 2.26. The van der Waals surface area contributed by atoms with E-state index in [2.05, 4.69) is 10.3 Å². The molecule has 2 heterocycles. The zero-order chi connectivity index (χ0) is 14.9. The molecule has 2 rings (SSSR count). The van der Waals surface area contributed by atoms with E-state index in [1.165, 1.54) is 19.2 Å². The van der Waals surface area contributed by atoms with Crippen LogP contribution in [0.2, 0.25) is 0 Å². The molecule has 1 aromatic heterocycles. The lowest BCUT2D eigenvalue weighted by Gasteiger charge is -2.15. The number of rotatable bonds is 3. The molecule has 0 spiro atoms. The number of aliphatic hydroxyl groups excluding tert-OH is 2. The summed E-state index contributed by atoms with van der Waals surface area (Å²) in [4.78, 5) is 26.2. The number of nitrogens with zero attached hydrogens (tertiary/aromatic N) is 2. The molecule has 20 heavy (non-hydrogen) atoms. The lowest BCUT2D eigenvalue weighted by atomic mass is 10.1. The Bertz CT molecular complexity index is 563. The van der Waals surface area contributed by atoms with Gasteiger partial charge in [0.05, 0.1) is 6.61 Å². The first-order valence-electron chi connectivity index (χ1n) is 5.89. The minimum Gasteiger partial charge on any atom is -0.394 e. The summed E-state index contributed by atoms with van der Waals surface area (Å²) in [6, 6.07) is 1.30.